The topological polar surface area (TPSA) is 41.1 Å². The molecule has 0 fully saturated rings. The monoisotopic (exact) mass is 240 g/mol. The number of amides is 1. The van der Waals surface area contributed by atoms with Gasteiger partial charge in [-0.25, -0.2) is 0 Å². The first-order valence-electron chi connectivity index (χ1n) is 5.74. The molecule has 0 aliphatic carbocycles. The fourth-order valence-electron chi connectivity index (χ4n) is 1.25. The maximum Gasteiger partial charge on any atom is 0.233 e. The lowest BCUT2D eigenvalue weighted by Gasteiger charge is -2.10. The third-order valence-electron chi connectivity index (χ3n) is 2.50. The lowest BCUT2D eigenvalue weighted by atomic mass is 10.2. The normalized spacial score (nSPS) is 12.4. The standard InChI is InChI=1S/C12H20N2OS/c1-3-10(2)14-9-12(15)13-7-6-11-5-4-8-16-11/h4-5,8,10,14H,3,6-7,9H2,1-2H3,(H,13,15). The van der Waals surface area contributed by atoms with Crippen molar-refractivity contribution in [2.45, 2.75) is 32.7 Å². The lowest BCUT2D eigenvalue weighted by molar-refractivity contribution is -0.120. The number of thiophene rings is 1. The van der Waals surface area contributed by atoms with E-state index in [9.17, 15) is 4.79 Å². The van der Waals surface area contributed by atoms with Crippen molar-refractivity contribution in [2.75, 3.05) is 13.1 Å². The predicted molar refractivity (Wildman–Crippen MR) is 68.8 cm³/mol. The Labute approximate surface area is 101 Å². The first kappa shape index (κ1) is 13.2. The zero-order valence-corrected chi connectivity index (χ0v) is 10.8. The third kappa shape index (κ3) is 5.28. The van der Waals surface area contributed by atoms with E-state index in [2.05, 4.69) is 35.9 Å². The number of hydrogen-bond acceptors (Lipinski definition) is 3. The summed E-state index contributed by atoms with van der Waals surface area (Å²) in [5, 5.41) is 8.13. The molecule has 3 nitrogen and oxygen atoms in total. The SMILES string of the molecule is CCC(C)NCC(=O)NCCc1cccs1. The van der Waals surface area contributed by atoms with Gasteiger partial charge in [-0.3, -0.25) is 4.79 Å². The van der Waals surface area contributed by atoms with E-state index in [1.54, 1.807) is 11.3 Å². The molecule has 0 aliphatic heterocycles. The summed E-state index contributed by atoms with van der Waals surface area (Å²) in [6, 6.07) is 4.53. The van der Waals surface area contributed by atoms with E-state index in [4.69, 9.17) is 0 Å². The second kappa shape index (κ2) is 7.41. The van der Waals surface area contributed by atoms with E-state index >= 15 is 0 Å². The Hall–Kier alpha value is -0.870. The average molecular weight is 240 g/mol. The molecule has 0 spiro atoms. The molecule has 0 saturated heterocycles. The van der Waals surface area contributed by atoms with Crippen molar-refractivity contribution in [2.24, 2.45) is 0 Å². The molecule has 0 radical (unpaired) electrons. The molecular formula is C12H20N2OS. The van der Waals surface area contributed by atoms with Gasteiger partial charge in [-0.1, -0.05) is 13.0 Å². The highest BCUT2D eigenvalue weighted by atomic mass is 32.1. The van der Waals surface area contributed by atoms with E-state index in [-0.39, 0.29) is 5.91 Å². The van der Waals surface area contributed by atoms with E-state index < -0.39 is 0 Å². The molecule has 2 N–H and O–H groups in total. The molecule has 0 bridgehead atoms. The van der Waals surface area contributed by atoms with Crippen molar-refractivity contribution in [3.63, 3.8) is 0 Å². The molecule has 0 saturated carbocycles. The van der Waals surface area contributed by atoms with Crippen molar-refractivity contribution in [1.29, 1.82) is 0 Å². The quantitative estimate of drug-likeness (QED) is 0.763. The van der Waals surface area contributed by atoms with Gasteiger partial charge >= 0.3 is 0 Å². The summed E-state index contributed by atoms with van der Waals surface area (Å²) in [5.41, 5.74) is 0. The van der Waals surface area contributed by atoms with Gasteiger partial charge < -0.3 is 10.6 Å². The van der Waals surface area contributed by atoms with E-state index in [0.29, 0.717) is 12.6 Å². The smallest absolute Gasteiger partial charge is 0.233 e. The average Bonchev–Trinajstić information content (AvgIpc) is 2.79. The minimum Gasteiger partial charge on any atom is -0.355 e. The molecule has 1 aromatic heterocycles. The van der Waals surface area contributed by atoms with Crippen LogP contribution in [-0.2, 0) is 11.2 Å². The van der Waals surface area contributed by atoms with Crippen LogP contribution in [0.3, 0.4) is 0 Å². The van der Waals surface area contributed by atoms with Gasteiger partial charge in [0.25, 0.3) is 0 Å². The molecule has 16 heavy (non-hydrogen) atoms. The minimum absolute atomic E-state index is 0.0804. The zero-order chi connectivity index (χ0) is 11.8. The van der Waals surface area contributed by atoms with Gasteiger partial charge in [0.15, 0.2) is 0 Å². The van der Waals surface area contributed by atoms with Crippen LogP contribution < -0.4 is 10.6 Å². The van der Waals surface area contributed by atoms with Crippen LogP contribution in [0, 0.1) is 0 Å². The Kier molecular flexibility index (Phi) is 6.11. The van der Waals surface area contributed by atoms with Crippen molar-refractivity contribution in [3.05, 3.63) is 22.4 Å². The van der Waals surface area contributed by atoms with Crippen molar-refractivity contribution >= 4 is 17.2 Å². The first-order valence-corrected chi connectivity index (χ1v) is 6.62. The third-order valence-corrected chi connectivity index (χ3v) is 3.43. The summed E-state index contributed by atoms with van der Waals surface area (Å²) >= 11 is 1.73. The second-order valence-electron chi connectivity index (χ2n) is 3.87. The highest BCUT2D eigenvalue weighted by Crippen LogP contribution is 2.07. The largest absolute Gasteiger partial charge is 0.355 e. The summed E-state index contributed by atoms with van der Waals surface area (Å²) < 4.78 is 0. The van der Waals surface area contributed by atoms with Crippen LogP contribution in [0.5, 0.6) is 0 Å². The summed E-state index contributed by atoms with van der Waals surface area (Å²) in [5.74, 6) is 0.0804. The zero-order valence-electron chi connectivity index (χ0n) is 9.95. The van der Waals surface area contributed by atoms with Crippen LogP contribution in [0.2, 0.25) is 0 Å². The Balaban J connectivity index is 2.06. The summed E-state index contributed by atoms with van der Waals surface area (Å²) in [6.07, 6.45) is 1.97. The van der Waals surface area contributed by atoms with Crippen LogP contribution in [0.25, 0.3) is 0 Å². The molecule has 1 atom stereocenters. The van der Waals surface area contributed by atoms with Gasteiger partial charge in [-0.05, 0) is 31.2 Å². The van der Waals surface area contributed by atoms with Gasteiger partial charge in [0.1, 0.15) is 0 Å². The maximum absolute atomic E-state index is 11.4. The Morgan fingerprint density at radius 2 is 2.38 bits per heavy atom. The summed E-state index contributed by atoms with van der Waals surface area (Å²) in [6.45, 7) is 5.33. The Bertz CT molecular complexity index is 298. The highest BCUT2D eigenvalue weighted by Gasteiger charge is 2.03. The summed E-state index contributed by atoms with van der Waals surface area (Å²) in [7, 11) is 0. The van der Waals surface area contributed by atoms with Gasteiger partial charge in [-0.2, -0.15) is 0 Å². The van der Waals surface area contributed by atoms with E-state index in [0.717, 1.165) is 19.4 Å². The van der Waals surface area contributed by atoms with Crippen LogP contribution in [-0.4, -0.2) is 25.0 Å². The molecule has 4 heteroatoms. The molecule has 0 aliphatic rings. The molecule has 90 valence electrons. The fraction of sp³-hybridized carbons (Fsp3) is 0.583. The fourth-order valence-corrected chi connectivity index (χ4v) is 1.96. The first-order chi connectivity index (χ1) is 7.72. The van der Waals surface area contributed by atoms with Crippen molar-refractivity contribution in [3.8, 4) is 0 Å². The van der Waals surface area contributed by atoms with Crippen LogP contribution in [0.4, 0.5) is 0 Å². The van der Waals surface area contributed by atoms with Crippen molar-refractivity contribution < 1.29 is 4.79 Å². The predicted octanol–water partition coefficient (Wildman–Crippen LogP) is 1.79. The Morgan fingerprint density at radius 1 is 1.56 bits per heavy atom. The van der Waals surface area contributed by atoms with Gasteiger partial charge in [0, 0.05) is 17.5 Å². The van der Waals surface area contributed by atoms with Gasteiger partial charge in [0.2, 0.25) is 5.91 Å². The Morgan fingerprint density at radius 3 is 3.00 bits per heavy atom. The number of carbonyl (C=O) groups is 1. The molecule has 1 rings (SSSR count). The van der Waals surface area contributed by atoms with E-state index in [1.807, 2.05) is 6.07 Å². The van der Waals surface area contributed by atoms with Gasteiger partial charge in [-0.15, -0.1) is 11.3 Å². The highest BCUT2D eigenvalue weighted by molar-refractivity contribution is 7.09. The lowest BCUT2D eigenvalue weighted by Crippen LogP contribution is -2.38. The number of carbonyl (C=O) groups excluding carboxylic acids is 1. The molecular weight excluding hydrogens is 220 g/mol. The molecule has 1 unspecified atom stereocenters. The number of rotatable bonds is 7. The van der Waals surface area contributed by atoms with E-state index in [1.165, 1.54) is 4.88 Å². The molecule has 1 heterocycles. The van der Waals surface area contributed by atoms with Gasteiger partial charge in [0.05, 0.1) is 6.54 Å². The van der Waals surface area contributed by atoms with Crippen molar-refractivity contribution in [1.82, 2.24) is 10.6 Å². The minimum atomic E-state index is 0.0804. The van der Waals surface area contributed by atoms with Crippen LogP contribution in [0.15, 0.2) is 17.5 Å². The molecule has 1 aromatic rings. The summed E-state index contributed by atoms with van der Waals surface area (Å²) in [4.78, 5) is 12.7. The van der Waals surface area contributed by atoms with Crippen LogP contribution >= 0.6 is 11.3 Å². The number of nitrogens with one attached hydrogen (secondary N) is 2. The second-order valence-corrected chi connectivity index (χ2v) is 4.90. The number of hydrogen-bond donors (Lipinski definition) is 2. The van der Waals surface area contributed by atoms with Crippen LogP contribution in [0.1, 0.15) is 25.1 Å². The molecule has 0 aromatic carbocycles. The molecule has 1 amide bonds. The maximum atomic E-state index is 11.4.